The van der Waals surface area contributed by atoms with Crippen molar-refractivity contribution in [1.29, 1.82) is 0 Å². The Morgan fingerprint density at radius 2 is 1.73 bits per heavy atom. The molecule has 17 heteroatoms. The number of phenols is 1. The summed E-state index contributed by atoms with van der Waals surface area (Å²) in [5.41, 5.74) is 2.20. The number of benzene rings is 2. The molecule has 352 valence electrons. The summed E-state index contributed by atoms with van der Waals surface area (Å²) in [6, 6.07) is 20.1. The van der Waals surface area contributed by atoms with E-state index in [2.05, 4.69) is 65.4 Å². The summed E-state index contributed by atoms with van der Waals surface area (Å²) in [6.45, 7) is 16.0. The van der Waals surface area contributed by atoms with Gasteiger partial charge in [-0.05, 0) is 127 Å². The number of hydrogen-bond donors (Lipinski definition) is 4. The Morgan fingerprint density at radius 3 is 2.39 bits per heavy atom. The Hall–Kier alpha value is -4.75. The minimum Gasteiger partial charge on any atom is -0.506 e. The first kappa shape index (κ1) is 47.7. The van der Waals surface area contributed by atoms with Gasteiger partial charge in [0.25, 0.3) is 0 Å². The standard InChI is InChI=1S/C49H63N7O7S2Si/c1-47(2,3)66(5,6)63-40(35-13-16-39(57)45-36(35)14-17-43(58)51-45)32-50-31-33-12-15-38-37(28-33)52-53-56(38)22-9-21-54(4)44(59)18-23-55-24-19-48(20-25-55)29-34(30-48)62-46(60)49(61,41-10-7-26-64-41)42-11-8-27-65-42/h7-8,10-17,26-28,34,40,50,57,61H,9,18-25,29-32H2,1-6H3,(H,51,58)/t40-/m0/s1. The normalized spacial score (nSPS) is 16.5. The number of hydrogen-bond acceptors (Lipinski definition) is 13. The number of nitrogens with zero attached hydrogens (tertiary/aromatic N) is 5. The lowest BCUT2D eigenvalue weighted by Gasteiger charge is -2.51. The molecule has 1 spiro atoms. The third-order valence-electron chi connectivity index (χ3n) is 14.2. The van der Waals surface area contributed by atoms with Gasteiger partial charge in [-0.2, -0.15) is 0 Å². The SMILES string of the molecule is CN(CCCn1nnc2cc(CNC[C@H](O[Si](C)(C)C(C)(C)C)c3ccc(O)c4[nH]c(=O)ccc34)ccc21)C(=O)CCN1CCC2(CC1)CC(OC(=O)C(O)(c1cccs1)c1cccs1)C2. The average Bonchev–Trinajstić information content (AvgIpc) is 4.09. The van der Waals surface area contributed by atoms with E-state index in [-0.39, 0.29) is 39.9 Å². The number of aromatic amines is 1. The average molecular weight is 954 g/mol. The molecule has 8 rings (SSSR count). The lowest BCUT2D eigenvalue weighted by atomic mass is 9.61. The Kier molecular flexibility index (Phi) is 14.1. The van der Waals surface area contributed by atoms with Crippen LogP contribution in [0.5, 0.6) is 5.75 Å². The van der Waals surface area contributed by atoms with Crippen molar-refractivity contribution >= 4 is 64.8 Å². The van der Waals surface area contributed by atoms with Crippen LogP contribution >= 0.6 is 22.7 Å². The number of piperidine rings is 1. The maximum Gasteiger partial charge on any atom is 0.349 e. The summed E-state index contributed by atoms with van der Waals surface area (Å²) < 4.78 is 14.8. The fourth-order valence-corrected chi connectivity index (χ4v) is 12.1. The van der Waals surface area contributed by atoms with Crippen molar-refractivity contribution in [1.82, 2.24) is 35.1 Å². The highest BCUT2D eigenvalue weighted by atomic mass is 32.1. The summed E-state index contributed by atoms with van der Waals surface area (Å²) in [4.78, 5) is 46.8. The minimum absolute atomic E-state index is 0.0235. The molecule has 2 aromatic carbocycles. The third kappa shape index (κ3) is 10.2. The second kappa shape index (κ2) is 19.5. The van der Waals surface area contributed by atoms with E-state index in [0.717, 1.165) is 79.3 Å². The highest BCUT2D eigenvalue weighted by molar-refractivity contribution is 7.12. The zero-order valence-corrected chi connectivity index (χ0v) is 41.5. The van der Waals surface area contributed by atoms with Gasteiger partial charge in [-0.3, -0.25) is 9.59 Å². The highest BCUT2D eigenvalue weighted by Crippen LogP contribution is 2.51. The summed E-state index contributed by atoms with van der Waals surface area (Å²) in [5, 5.41) is 39.1. The number of pyridine rings is 1. The molecule has 1 atom stereocenters. The molecule has 4 aromatic heterocycles. The second-order valence-electron chi connectivity index (χ2n) is 19.8. The van der Waals surface area contributed by atoms with Crippen molar-refractivity contribution in [3.63, 3.8) is 0 Å². The Balaban J connectivity index is 0.768. The predicted octanol–water partition coefficient (Wildman–Crippen LogP) is 7.92. The first-order valence-corrected chi connectivity index (χ1v) is 27.6. The predicted molar refractivity (Wildman–Crippen MR) is 262 cm³/mol. The molecule has 6 aromatic rings. The van der Waals surface area contributed by atoms with Gasteiger partial charge in [0.1, 0.15) is 17.4 Å². The number of phenolic OH excluding ortho intramolecular Hbond substituents is 1. The van der Waals surface area contributed by atoms with Crippen molar-refractivity contribution in [3.8, 4) is 5.75 Å². The van der Waals surface area contributed by atoms with Gasteiger partial charge in [0, 0.05) is 57.6 Å². The van der Waals surface area contributed by atoms with Gasteiger partial charge in [0.2, 0.25) is 17.1 Å². The van der Waals surface area contributed by atoms with Gasteiger partial charge in [0.05, 0.1) is 26.9 Å². The van der Waals surface area contributed by atoms with E-state index in [9.17, 15) is 24.6 Å². The van der Waals surface area contributed by atoms with Crippen molar-refractivity contribution in [3.05, 3.63) is 109 Å². The van der Waals surface area contributed by atoms with Gasteiger partial charge in [-0.15, -0.1) is 27.8 Å². The molecule has 2 fully saturated rings. The van der Waals surface area contributed by atoms with E-state index in [0.29, 0.717) is 47.9 Å². The maximum atomic E-state index is 13.4. The van der Waals surface area contributed by atoms with Crippen LogP contribution in [0.4, 0.5) is 0 Å². The molecule has 0 unspecified atom stereocenters. The number of aromatic nitrogens is 4. The van der Waals surface area contributed by atoms with E-state index in [1.54, 1.807) is 24.3 Å². The smallest absolute Gasteiger partial charge is 0.349 e. The number of aliphatic hydroxyl groups is 1. The molecule has 4 N–H and O–H groups in total. The van der Waals surface area contributed by atoms with Crippen LogP contribution in [-0.4, -0.2) is 106 Å². The van der Waals surface area contributed by atoms with E-state index >= 15 is 0 Å². The first-order valence-electron chi connectivity index (χ1n) is 23.0. The van der Waals surface area contributed by atoms with Crippen molar-refractivity contribution in [2.24, 2.45) is 5.41 Å². The van der Waals surface area contributed by atoms with Crippen molar-refractivity contribution < 1.29 is 29.0 Å². The van der Waals surface area contributed by atoms with Gasteiger partial charge in [-0.1, -0.05) is 50.3 Å². The van der Waals surface area contributed by atoms with Gasteiger partial charge in [0.15, 0.2) is 8.32 Å². The fraction of sp³-hybridized carbons (Fsp3) is 0.490. The number of aromatic hydroxyl groups is 1. The number of carbonyl (C=O) groups is 2. The molecule has 66 heavy (non-hydrogen) atoms. The monoisotopic (exact) mass is 953 g/mol. The number of likely N-dealkylation sites (tertiary alicyclic amines) is 1. The van der Waals surface area contributed by atoms with Gasteiger partial charge >= 0.3 is 5.97 Å². The number of thiophene rings is 2. The Morgan fingerprint density at radius 1 is 1.02 bits per heavy atom. The zero-order valence-electron chi connectivity index (χ0n) is 38.8. The summed E-state index contributed by atoms with van der Waals surface area (Å²) >= 11 is 2.70. The van der Waals surface area contributed by atoms with Crippen LogP contribution in [0.25, 0.3) is 21.9 Å². The van der Waals surface area contributed by atoms with Crippen molar-refractivity contribution in [2.75, 3.05) is 39.8 Å². The van der Waals surface area contributed by atoms with E-state index in [1.807, 2.05) is 57.7 Å². The number of amides is 1. The van der Waals surface area contributed by atoms with E-state index in [4.69, 9.17) is 9.16 Å². The van der Waals surface area contributed by atoms with Crippen molar-refractivity contribution in [2.45, 2.75) is 108 Å². The molecule has 5 heterocycles. The number of carbonyl (C=O) groups excluding carboxylic acids is 2. The number of H-pyrrole nitrogens is 1. The second-order valence-corrected chi connectivity index (χ2v) is 26.4. The molecule has 1 amide bonds. The largest absolute Gasteiger partial charge is 0.506 e. The number of aryl methyl sites for hydroxylation is 1. The van der Waals surface area contributed by atoms with E-state index < -0.39 is 19.9 Å². The van der Waals surface area contributed by atoms with Crippen LogP contribution in [0.15, 0.2) is 82.3 Å². The molecule has 1 saturated carbocycles. The molecule has 0 bridgehead atoms. The summed E-state index contributed by atoms with van der Waals surface area (Å²) in [6.07, 6.45) is 4.31. The number of nitrogens with one attached hydrogen (secondary N) is 2. The first-order chi connectivity index (χ1) is 31.4. The Bertz CT molecular complexity index is 2650. The molecule has 2 aliphatic rings. The molecule has 14 nitrogen and oxygen atoms in total. The van der Waals surface area contributed by atoms with E-state index in [1.165, 1.54) is 28.7 Å². The van der Waals surface area contributed by atoms with Crippen LogP contribution in [0.3, 0.4) is 0 Å². The van der Waals surface area contributed by atoms with Crippen LogP contribution in [0.1, 0.15) is 86.3 Å². The molecule has 0 radical (unpaired) electrons. The summed E-state index contributed by atoms with van der Waals surface area (Å²) in [5.74, 6) is -0.449. The lowest BCUT2D eigenvalue weighted by molar-refractivity contribution is -0.181. The number of ether oxygens (including phenoxy) is 1. The topological polar surface area (TPSA) is 175 Å². The molecule has 1 saturated heterocycles. The summed E-state index contributed by atoms with van der Waals surface area (Å²) in [7, 11) is -0.353. The molecular weight excluding hydrogens is 891 g/mol. The third-order valence-corrected chi connectivity index (χ3v) is 20.7. The highest BCUT2D eigenvalue weighted by Gasteiger charge is 2.51. The minimum atomic E-state index is -2.22. The number of esters is 1. The number of fused-ring (bicyclic) bond motifs is 2. The quantitative estimate of drug-likeness (QED) is 0.0487. The van der Waals surface area contributed by atoms with Crippen LogP contribution in [0.2, 0.25) is 18.1 Å². The molecule has 1 aliphatic heterocycles. The maximum absolute atomic E-state index is 13.4. The van der Waals surface area contributed by atoms with Crippen LogP contribution in [0, 0.1) is 5.41 Å². The number of rotatable bonds is 18. The molecular formula is C49H63N7O7S2Si. The van der Waals surface area contributed by atoms with Crippen LogP contribution < -0.4 is 10.9 Å². The molecule has 1 aliphatic carbocycles. The van der Waals surface area contributed by atoms with Gasteiger partial charge in [-0.25, -0.2) is 9.48 Å². The van der Waals surface area contributed by atoms with Crippen LogP contribution in [-0.2, 0) is 37.4 Å². The Labute approximate surface area is 395 Å². The lowest BCUT2D eigenvalue weighted by Crippen LogP contribution is -2.52. The zero-order chi connectivity index (χ0) is 46.9. The van der Waals surface area contributed by atoms with Gasteiger partial charge < -0.3 is 39.5 Å². The fourth-order valence-electron chi connectivity index (χ4n) is 9.13.